The Balaban J connectivity index is 0.000000143. The minimum atomic E-state index is -0.0484. The van der Waals surface area contributed by atoms with Gasteiger partial charge in [0.1, 0.15) is 0 Å². The Bertz CT molecular complexity index is 5650. The molecule has 2 aliphatic heterocycles. The number of thiophene rings is 1. The number of fused-ring (bicyclic) bond motifs is 15. The molecule has 5 heterocycles. The zero-order valence-electron chi connectivity index (χ0n) is 50.0. The number of hydrogen-bond donors (Lipinski definition) is 1. The molecule has 0 saturated heterocycles. The number of nitrogens with one attached hydrogen (secondary N) is 1. The third kappa shape index (κ3) is 9.22. The second kappa shape index (κ2) is 22.4. The molecule has 14 aromatic carbocycles. The first-order valence-electron chi connectivity index (χ1n) is 31.2. The molecular formula is C83H53N9S. The van der Waals surface area contributed by atoms with E-state index in [4.69, 9.17) is 29.9 Å². The molecule has 0 amide bonds. The Morgan fingerprint density at radius 1 is 0.290 bits per heavy atom. The maximum absolute atomic E-state index is 5.32. The molecule has 1 unspecified atom stereocenters. The highest BCUT2D eigenvalue weighted by atomic mass is 32.1. The van der Waals surface area contributed by atoms with E-state index in [-0.39, 0.29) is 5.92 Å². The Kier molecular flexibility index (Phi) is 12.9. The summed E-state index contributed by atoms with van der Waals surface area (Å²) in [5, 5.41) is 15.7. The lowest BCUT2D eigenvalue weighted by atomic mass is 9.77. The molecule has 10 heteroatoms. The van der Waals surface area contributed by atoms with E-state index in [1.54, 1.807) is 0 Å². The van der Waals surface area contributed by atoms with Gasteiger partial charge in [0, 0.05) is 64.5 Å². The second-order valence-electron chi connectivity index (χ2n) is 23.4. The number of aromatic nitrogens is 6. The SMILES string of the molecule is c1ccc(-c2nc(-c3ccccc3)nc(N3c4ccc5ccccc5c4C(c4cccc5c4sc4ccccc45)c4ccc5ccccc5c43)n2)cc1.c1ccc(-c2nc(-c3ccccc3)nc(N3c4ccc5ccccc5c4Nc4ccc5ccccc5c43)n2)cc1. The summed E-state index contributed by atoms with van der Waals surface area (Å²) in [6, 6.07) is 108. The van der Waals surface area contributed by atoms with Crippen LogP contribution in [0, 0.1) is 0 Å². The van der Waals surface area contributed by atoms with Crippen LogP contribution < -0.4 is 15.1 Å². The highest BCUT2D eigenvalue weighted by molar-refractivity contribution is 7.26. The quantitative estimate of drug-likeness (QED) is 0.167. The molecule has 0 saturated carbocycles. The Labute approximate surface area is 539 Å². The number of benzene rings is 14. The van der Waals surface area contributed by atoms with E-state index in [1.165, 1.54) is 58.4 Å². The Hall–Kier alpha value is -12.2. The molecule has 3 aromatic heterocycles. The van der Waals surface area contributed by atoms with Crippen LogP contribution in [0.5, 0.6) is 0 Å². The van der Waals surface area contributed by atoms with Crippen LogP contribution in [0.25, 0.3) is 109 Å². The van der Waals surface area contributed by atoms with E-state index >= 15 is 0 Å². The van der Waals surface area contributed by atoms with E-state index in [0.29, 0.717) is 35.2 Å². The van der Waals surface area contributed by atoms with Crippen molar-refractivity contribution in [3.8, 4) is 45.6 Å². The molecule has 2 aliphatic rings. The van der Waals surface area contributed by atoms with Crippen LogP contribution in [0.15, 0.2) is 309 Å². The minimum Gasteiger partial charge on any atom is -0.352 e. The number of rotatable bonds is 7. The number of hydrogen-bond acceptors (Lipinski definition) is 10. The fraction of sp³-hybridized carbons (Fsp3) is 0.0120. The van der Waals surface area contributed by atoms with Gasteiger partial charge in [-0.25, -0.2) is 9.97 Å². The lowest BCUT2D eigenvalue weighted by molar-refractivity contribution is 0.937. The molecule has 19 rings (SSSR count). The highest BCUT2D eigenvalue weighted by Crippen LogP contribution is 2.57. The summed E-state index contributed by atoms with van der Waals surface area (Å²) in [5.74, 6) is 3.65. The van der Waals surface area contributed by atoms with Gasteiger partial charge in [0.2, 0.25) is 11.9 Å². The molecule has 0 fully saturated rings. The fourth-order valence-corrected chi connectivity index (χ4v) is 15.0. The van der Waals surface area contributed by atoms with Crippen molar-refractivity contribution in [2.24, 2.45) is 0 Å². The van der Waals surface area contributed by atoms with Gasteiger partial charge >= 0.3 is 0 Å². The van der Waals surface area contributed by atoms with Gasteiger partial charge < -0.3 is 5.32 Å². The molecule has 0 bridgehead atoms. The van der Waals surface area contributed by atoms with Crippen molar-refractivity contribution in [2.75, 3.05) is 15.1 Å². The largest absolute Gasteiger partial charge is 0.352 e. The van der Waals surface area contributed by atoms with Gasteiger partial charge in [0.05, 0.1) is 34.1 Å². The number of anilines is 8. The molecule has 0 spiro atoms. The maximum Gasteiger partial charge on any atom is 0.238 e. The minimum absolute atomic E-state index is 0.0484. The standard InChI is InChI=1S/C48H30N4S.C35H23N5/c1-3-16-32(17-4-1)46-49-47(33-18-5-2-6-19-33)51-48(50-46)52-40-29-27-30-14-7-9-20-34(30)43(40)42(38-28-26-31-15-8-10-21-35(31)44(38)52)39-24-13-23-37-36-22-11-12-25-41(36)53-45(37)39;1-3-13-25(14-4-1)33-37-34(26-15-5-2-6-16-26)39-35(38-33)40-30-22-20-23-11-7-9-17-27(23)31(30)36-29-21-19-24-12-8-10-18-28(24)32(29)40/h1-29,42H;1-22,36H. The summed E-state index contributed by atoms with van der Waals surface area (Å²) in [6.45, 7) is 0. The lowest BCUT2D eigenvalue weighted by Gasteiger charge is -2.38. The third-order valence-electron chi connectivity index (χ3n) is 18.0. The van der Waals surface area contributed by atoms with E-state index < -0.39 is 0 Å². The first-order chi connectivity index (χ1) is 46.1. The van der Waals surface area contributed by atoms with Crippen LogP contribution in [0.4, 0.5) is 46.0 Å². The van der Waals surface area contributed by atoms with Crippen molar-refractivity contribution in [1.29, 1.82) is 0 Å². The normalized spacial score (nSPS) is 13.1. The molecular weight excluding hydrogens is 1160 g/mol. The number of nitrogens with zero attached hydrogens (tertiary/aromatic N) is 8. The van der Waals surface area contributed by atoms with Gasteiger partial charge in [-0.1, -0.05) is 285 Å². The Morgan fingerprint density at radius 3 is 1.26 bits per heavy atom. The highest BCUT2D eigenvalue weighted by Gasteiger charge is 2.38. The van der Waals surface area contributed by atoms with Crippen molar-refractivity contribution in [2.45, 2.75) is 5.92 Å². The van der Waals surface area contributed by atoms with Crippen LogP contribution in [0.1, 0.15) is 22.6 Å². The van der Waals surface area contributed by atoms with Gasteiger partial charge in [-0.15, -0.1) is 11.3 Å². The van der Waals surface area contributed by atoms with Crippen molar-refractivity contribution >= 4 is 121 Å². The van der Waals surface area contributed by atoms with Crippen LogP contribution in [-0.4, -0.2) is 29.9 Å². The Morgan fingerprint density at radius 2 is 0.699 bits per heavy atom. The molecule has 93 heavy (non-hydrogen) atoms. The van der Waals surface area contributed by atoms with Crippen LogP contribution >= 0.6 is 11.3 Å². The molecule has 436 valence electrons. The van der Waals surface area contributed by atoms with E-state index in [2.05, 4.69) is 227 Å². The smallest absolute Gasteiger partial charge is 0.238 e. The summed E-state index contributed by atoms with van der Waals surface area (Å²) in [7, 11) is 0. The average Bonchev–Trinajstić information content (AvgIpc) is 1.41. The molecule has 1 atom stereocenters. The van der Waals surface area contributed by atoms with Crippen molar-refractivity contribution in [3.63, 3.8) is 0 Å². The molecule has 9 nitrogen and oxygen atoms in total. The van der Waals surface area contributed by atoms with Crippen molar-refractivity contribution < 1.29 is 0 Å². The van der Waals surface area contributed by atoms with Gasteiger partial charge in [-0.2, -0.15) is 19.9 Å². The monoisotopic (exact) mass is 1210 g/mol. The maximum atomic E-state index is 5.32. The topological polar surface area (TPSA) is 95.8 Å². The predicted molar refractivity (Wildman–Crippen MR) is 384 cm³/mol. The fourth-order valence-electron chi connectivity index (χ4n) is 13.8. The molecule has 0 aliphatic carbocycles. The summed E-state index contributed by atoms with van der Waals surface area (Å²) >= 11 is 1.89. The van der Waals surface area contributed by atoms with E-state index in [1.807, 2.05) is 108 Å². The second-order valence-corrected chi connectivity index (χ2v) is 24.4. The summed E-state index contributed by atoms with van der Waals surface area (Å²) < 4.78 is 2.62. The zero-order chi connectivity index (χ0) is 61.3. The lowest BCUT2D eigenvalue weighted by Crippen LogP contribution is -2.25. The van der Waals surface area contributed by atoms with Gasteiger partial charge in [0.15, 0.2) is 23.3 Å². The van der Waals surface area contributed by atoms with Gasteiger partial charge in [0.25, 0.3) is 0 Å². The van der Waals surface area contributed by atoms with Gasteiger partial charge in [-0.05, 0) is 67.9 Å². The van der Waals surface area contributed by atoms with Crippen molar-refractivity contribution in [1.82, 2.24) is 29.9 Å². The van der Waals surface area contributed by atoms with Crippen LogP contribution in [0.3, 0.4) is 0 Å². The first-order valence-corrected chi connectivity index (χ1v) is 32.0. The van der Waals surface area contributed by atoms with E-state index in [0.717, 1.165) is 77.9 Å². The first kappa shape index (κ1) is 53.8. The zero-order valence-corrected chi connectivity index (χ0v) is 50.8. The molecule has 17 aromatic rings. The van der Waals surface area contributed by atoms with E-state index in [9.17, 15) is 0 Å². The summed E-state index contributed by atoms with van der Waals surface area (Å²) in [4.78, 5) is 35.4. The predicted octanol–water partition coefficient (Wildman–Crippen LogP) is 21.9. The average molecular weight is 1210 g/mol. The third-order valence-corrected chi connectivity index (χ3v) is 19.2. The summed E-state index contributed by atoms with van der Waals surface area (Å²) in [5.41, 5.74) is 13.8. The summed E-state index contributed by atoms with van der Waals surface area (Å²) in [6.07, 6.45) is 0. The van der Waals surface area contributed by atoms with Gasteiger partial charge in [-0.3, -0.25) is 9.80 Å². The van der Waals surface area contributed by atoms with Crippen LogP contribution in [-0.2, 0) is 0 Å². The molecule has 1 N–H and O–H groups in total. The van der Waals surface area contributed by atoms with Crippen LogP contribution in [0.2, 0.25) is 0 Å². The molecule has 0 radical (unpaired) electrons. The van der Waals surface area contributed by atoms with Crippen molar-refractivity contribution in [3.05, 3.63) is 326 Å².